The molecule has 3 rings (SSSR count). The van der Waals surface area contributed by atoms with Gasteiger partial charge in [-0.3, -0.25) is 9.59 Å². The molecule has 178 valence electrons. The molecule has 0 aromatic heterocycles. The van der Waals surface area contributed by atoms with Gasteiger partial charge in [-0.05, 0) is 56.5 Å². The molecule has 0 fully saturated rings. The minimum absolute atomic E-state index is 0.140. The fourth-order valence-electron chi connectivity index (χ4n) is 3.93. The number of carbonyl (C=O) groups is 2. The number of benzene rings is 3. The zero-order chi connectivity index (χ0) is 24.7. The van der Waals surface area contributed by atoms with Crippen molar-refractivity contribution in [2.45, 2.75) is 58.2 Å². The van der Waals surface area contributed by atoms with Gasteiger partial charge in [-0.1, -0.05) is 72.8 Å². The van der Waals surface area contributed by atoms with Crippen LogP contribution in [0.2, 0.25) is 0 Å². The molecule has 0 saturated carbocycles. The van der Waals surface area contributed by atoms with Gasteiger partial charge in [0, 0.05) is 24.4 Å². The molecule has 2 amide bonds. The Labute approximate surface area is 201 Å². The Balaban J connectivity index is 1.92. The van der Waals surface area contributed by atoms with E-state index in [1.165, 1.54) is 12.1 Å². The fraction of sp³-hybridized carbons (Fsp3) is 0.310. The van der Waals surface area contributed by atoms with Crippen molar-refractivity contribution in [3.8, 4) is 0 Å². The first-order chi connectivity index (χ1) is 16.1. The maximum absolute atomic E-state index is 13.8. The van der Waals surface area contributed by atoms with E-state index in [4.69, 9.17) is 0 Å². The molecule has 1 atom stereocenters. The van der Waals surface area contributed by atoms with Gasteiger partial charge in [0.2, 0.25) is 11.8 Å². The number of amides is 2. The van der Waals surface area contributed by atoms with Crippen LogP contribution >= 0.6 is 0 Å². The molecule has 0 radical (unpaired) electrons. The molecule has 4 nitrogen and oxygen atoms in total. The van der Waals surface area contributed by atoms with Crippen LogP contribution in [0.3, 0.4) is 0 Å². The molecule has 3 aromatic rings. The van der Waals surface area contributed by atoms with Crippen LogP contribution in [-0.4, -0.2) is 28.3 Å². The predicted molar refractivity (Wildman–Crippen MR) is 134 cm³/mol. The summed E-state index contributed by atoms with van der Waals surface area (Å²) in [5, 5.41) is 2.97. The second-order valence-electron chi connectivity index (χ2n) is 9.64. The van der Waals surface area contributed by atoms with Crippen molar-refractivity contribution in [2.24, 2.45) is 0 Å². The van der Waals surface area contributed by atoms with Crippen LogP contribution in [0.5, 0.6) is 0 Å². The first-order valence-electron chi connectivity index (χ1n) is 11.6. The number of nitrogens with zero attached hydrogens (tertiary/aromatic N) is 1. The third-order valence-corrected chi connectivity index (χ3v) is 5.71. The lowest BCUT2D eigenvalue weighted by atomic mass is 9.88. The van der Waals surface area contributed by atoms with Crippen molar-refractivity contribution < 1.29 is 14.0 Å². The van der Waals surface area contributed by atoms with E-state index in [-0.39, 0.29) is 36.5 Å². The van der Waals surface area contributed by atoms with E-state index in [1.807, 2.05) is 81.4 Å². The standard InChI is InChI=1S/C29H33FN2O2/c1-21(28(34)31-29(2,3)4)32(20-22-15-17-25(30)18-16-22)27(33)19-26(23-11-7-5-8-12-23)24-13-9-6-10-14-24/h5-18,21,26H,19-20H2,1-4H3,(H,31,34)/t21-/m1/s1. The first-order valence-corrected chi connectivity index (χ1v) is 11.6. The zero-order valence-electron chi connectivity index (χ0n) is 20.3. The van der Waals surface area contributed by atoms with Gasteiger partial charge in [0.15, 0.2) is 0 Å². The lowest BCUT2D eigenvalue weighted by Gasteiger charge is -2.32. The van der Waals surface area contributed by atoms with Crippen molar-refractivity contribution in [3.05, 3.63) is 107 Å². The maximum Gasteiger partial charge on any atom is 0.242 e. The maximum atomic E-state index is 13.8. The van der Waals surface area contributed by atoms with Crippen molar-refractivity contribution in [1.82, 2.24) is 10.2 Å². The van der Waals surface area contributed by atoms with Crippen LogP contribution < -0.4 is 5.32 Å². The monoisotopic (exact) mass is 460 g/mol. The summed E-state index contributed by atoms with van der Waals surface area (Å²) in [4.78, 5) is 28.4. The molecule has 3 aromatic carbocycles. The normalized spacial score (nSPS) is 12.3. The average molecular weight is 461 g/mol. The molecule has 1 N–H and O–H groups in total. The van der Waals surface area contributed by atoms with Crippen molar-refractivity contribution in [2.75, 3.05) is 0 Å². The largest absolute Gasteiger partial charge is 0.350 e. The molecule has 0 aliphatic carbocycles. The number of hydrogen-bond donors (Lipinski definition) is 1. The van der Waals surface area contributed by atoms with Crippen LogP contribution in [0, 0.1) is 5.82 Å². The summed E-state index contributed by atoms with van der Waals surface area (Å²) in [6.45, 7) is 7.68. The summed E-state index contributed by atoms with van der Waals surface area (Å²) in [5.41, 5.74) is 2.42. The summed E-state index contributed by atoms with van der Waals surface area (Å²) in [7, 11) is 0. The van der Waals surface area contributed by atoms with Gasteiger partial charge in [0.1, 0.15) is 11.9 Å². The van der Waals surface area contributed by atoms with Crippen LogP contribution in [0.25, 0.3) is 0 Å². The Bertz CT molecular complexity index is 1040. The molecule has 5 heteroatoms. The second-order valence-corrected chi connectivity index (χ2v) is 9.64. The summed E-state index contributed by atoms with van der Waals surface area (Å²) in [6.07, 6.45) is 0.211. The summed E-state index contributed by atoms with van der Waals surface area (Å²) in [6, 6.07) is 25.2. The molecule has 0 unspecified atom stereocenters. The molecule has 0 bridgehead atoms. The lowest BCUT2D eigenvalue weighted by molar-refractivity contribution is -0.141. The Hall–Kier alpha value is -3.47. The Morgan fingerprint density at radius 2 is 1.35 bits per heavy atom. The summed E-state index contributed by atoms with van der Waals surface area (Å²) in [5.74, 6) is -0.852. The number of carbonyl (C=O) groups excluding carboxylic acids is 2. The van der Waals surface area contributed by atoms with E-state index in [0.29, 0.717) is 0 Å². The minimum Gasteiger partial charge on any atom is -0.350 e. The van der Waals surface area contributed by atoms with Crippen LogP contribution in [0.15, 0.2) is 84.9 Å². The van der Waals surface area contributed by atoms with E-state index in [0.717, 1.165) is 16.7 Å². The van der Waals surface area contributed by atoms with Crippen LogP contribution in [0.4, 0.5) is 4.39 Å². The van der Waals surface area contributed by atoms with E-state index >= 15 is 0 Å². The van der Waals surface area contributed by atoms with E-state index in [1.54, 1.807) is 24.0 Å². The number of halogens is 1. The van der Waals surface area contributed by atoms with Gasteiger partial charge >= 0.3 is 0 Å². The third-order valence-electron chi connectivity index (χ3n) is 5.71. The van der Waals surface area contributed by atoms with Gasteiger partial charge < -0.3 is 10.2 Å². The van der Waals surface area contributed by atoms with Crippen molar-refractivity contribution >= 4 is 11.8 Å². The Kier molecular flexibility index (Phi) is 8.21. The lowest BCUT2D eigenvalue weighted by Crippen LogP contribution is -2.52. The Morgan fingerprint density at radius 1 is 0.853 bits per heavy atom. The van der Waals surface area contributed by atoms with Crippen LogP contribution in [0.1, 0.15) is 56.7 Å². The van der Waals surface area contributed by atoms with Gasteiger partial charge in [-0.25, -0.2) is 4.39 Å². The SMILES string of the molecule is C[C@H](C(=O)NC(C)(C)C)N(Cc1ccc(F)cc1)C(=O)CC(c1ccccc1)c1ccccc1. The molecule has 0 aliphatic heterocycles. The van der Waals surface area contributed by atoms with Gasteiger partial charge in [0.05, 0.1) is 0 Å². The molecule has 0 aliphatic rings. The van der Waals surface area contributed by atoms with Gasteiger partial charge in [0.25, 0.3) is 0 Å². The summed E-state index contributed by atoms with van der Waals surface area (Å²) >= 11 is 0. The Morgan fingerprint density at radius 3 is 1.82 bits per heavy atom. The van der Waals surface area contributed by atoms with Crippen molar-refractivity contribution in [1.29, 1.82) is 0 Å². The molecule has 34 heavy (non-hydrogen) atoms. The van der Waals surface area contributed by atoms with Gasteiger partial charge in [-0.2, -0.15) is 0 Å². The van der Waals surface area contributed by atoms with E-state index < -0.39 is 11.6 Å². The number of nitrogens with one attached hydrogen (secondary N) is 1. The predicted octanol–water partition coefficient (Wildman–Crippen LogP) is 5.68. The summed E-state index contributed by atoms with van der Waals surface area (Å²) < 4.78 is 13.5. The molecular weight excluding hydrogens is 427 g/mol. The molecular formula is C29H33FN2O2. The van der Waals surface area contributed by atoms with Crippen molar-refractivity contribution in [3.63, 3.8) is 0 Å². The zero-order valence-corrected chi connectivity index (χ0v) is 20.3. The highest BCUT2D eigenvalue weighted by molar-refractivity contribution is 5.88. The highest BCUT2D eigenvalue weighted by Gasteiger charge is 2.30. The first kappa shape index (κ1) is 25.2. The number of rotatable bonds is 8. The number of hydrogen-bond acceptors (Lipinski definition) is 2. The fourth-order valence-corrected chi connectivity index (χ4v) is 3.93. The van der Waals surface area contributed by atoms with Gasteiger partial charge in [-0.15, -0.1) is 0 Å². The topological polar surface area (TPSA) is 49.4 Å². The highest BCUT2D eigenvalue weighted by atomic mass is 19.1. The smallest absolute Gasteiger partial charge is 0.242 e. The second kappa shape index (κ2) is 11.1. The molecule has 0 heterocycles. The third kappa shape index (κ3) is 7.01. The van der Waals surface area contributed by atoms with Crippen LogP contribution in [-0.2, 0) is 16.1 Å². The molecule has 0 spiro atoms. The minimum atomic E-state index is -0.691. The van der Waals surface area contributed by atoms with E-state index in [2.05, 4.69) is 5.32 Å². The van der Waals surface area contributed by atoms with E-state index in [9.17, 15) is 14.0 Å². The highest BCUT2D eigenvalue weighted by Crippen LogP contribution is 2.29. The quantitative estimate of drug-likeness (QED) is 0.470. The average Bonchev–Trinajstić information content (AvgIpc) is 2.81. The molecule has 0 saturated heterocycles.